The number of pyridine rings is 1. The summed E-state index contributed by atoms with van der Waals surface area (Å²) in [6.45, 7) is 3.98. The first-order valence-corrected chi connectivity index (χ1v) is 10.6. The van der Waals surface area contributed by atoms with Crippen LogP contribution in [-0.2, 0) is 16.1 Å². The molecular weight excluding hydrogens is 378 g/mol. The van der Waals surface area contributed by atoms with E-state index in [1.54, 1.807) is 6.07 Å². The second-order valence-electron chi connectivity index (χ2n) is 7.52. The first-order chi connectivity index (χ1) is 14.6. The van der Waals surface area contributed by atoms with E-state index in [1.807, 2.05) is 42.5 Å². The molecule has 0 bridgehead atoms. The SMILES string of the molecule is CCCCCCC(OC(C)=O)c1cccc(COc2cccc3ccc(=O)[nH]c23)c1. The van der Waals surface area contributed by atoms with Gasteiger partial charge in [0.15, 0.2) is 0 Å². The van der Waals surface area contributed by atoms with Crippen molar-refractivity contribution in [1.29, 1.82) is 0 Å². The lowest BCUT2D eigenvalue weighted by molar-refractivity contribution is -0.147. The monoisotopic (exact) mass is 407 g/mol. The van der Waals surface area contributed by atoms with Gasteiger partial charge in [-0.15, -0.1) is 0 Å². The standard InChI is InChI=1S/C25H29NO4/c1-3-4-5-6-12-22(30-18(2)27)21-11-7-9-19(16-21)17-29-23-13-8-10-20-14-15-24(28)26-25(20)23/h7-11,13-16,22H,3-6,12,17H2,1-2H3,(H,26,28). The number of para-hydroxylation sites is 1. The number of unbranched alkanes of at least 4 members (excludes halogenated alkanes) is 3. The van der Waals surface area contributed by atoms with E-state index in [0.29, 0.717) is 17.9 Å². The molecule has 2 aromatic carbocycles. The van der Waals surface area contributed by atoms with Crippen LogP contribution in [0.3, 0.4) is 0 Å². The zero-order valence-electron chi connectivity index (χ0n) is 17.6. The number of H-pyrrole nitrogens is 1. The number of nitrogens with one attached hydrogen (secondary N) is 1. The molecule has 0 spiro atoms. The third-order valence-electron chi connectivity index (χ3n) is 5.07. The molecule has 5 nitrogen and oxygen atoms in total. The van der Waals surface area contributed by atoms with Crippen molar-refractivity contribution in [1.82, 2.24) is 4.98 Å². The van der Waals surface area contributed by atoms with Gasteiger partial charge >= 0.3 is 5.97 Å². The number of carbonyl (C=O) groups excluding carboxylic acids is 1. The van der Waals surface area contributed by atoms with Crippen LogP contribution in [-0.4, -0.2) is 11.0 Å². The highest BCUT2D eigenvalue weighted by atomic mass is 16.5. The lowest BCUT2D eigenvalue weighted by Crippen LogP contribution is -2.09. The molecule has 1 N–H and O–H groups in total. The summed E-state index contributed by atoms with van der Waals surface area (Å²) in [7, 11) is 0. The van der Waals surface area contributed by atoms with Crippen molar-refractivity contribution in [2.75, 3.05) is 0 Å². The average Bonchev–Trinajstić information content (AvgIpc) is 2.74. The number of ether oxygens (including phenoxy) is 2. The molecule has 0 saturated carbocycles. The predicted octanol–water partition coefficient (Wildman–Crippen LogP) is 5.68. The van der Waals surface area contributed by atoms with Crippen LogP contribution >= 0.6 is 0 Å². The third-order valence-corrected chi connectivity index (χ3v) is 5.07. The zero-order chi connectivity index (χ0) is 21.3. The Labute approximate surface area is 177 Å². The smallest absolute Gasteiger partial charge is 0.303 e. The van der Waals surface area contributed by atoms with Crippen molar-refractivity contribution in [2.24, 2.45) is 0 Å². The zero-order valence-corrected chi connectivity index (χ0v) is 17.6. The number of fused-ring (bicyclic) bond motifs is 1. The van der Waals surface area contributed by atoms with E-state index < -0.39 is 0 Å². The van der Waals surface area contributed by atoms with Crippen molar-refractivity contribution in [2.45, 2.75) is 58.7 Å². The summed E-state index contributed by atoms with van der Waals surface area (Å²) < 4.78 is 11.6. The fourth-order valence-electron chi connectivity index (χ4n) is 3.57. The summed E-state index contributed by atoms with van der Waals surface area (Å²) in [5.41, 5.74) is 2.49. The van der Waals surface area contributed by atoms with Crippen molar-refractivity contribution < 1.29 is 14.3 Å². The van der Waals surface area contributed by atoms with Gasteiger partial charge in [-0.05, 0) is 42.2 Å². The maximum absolute atomic E-state index is 11.7. The quantitative estimate of drug-likeness (QED) is 0.347. The molecule has 1 unspecified atom stereocenters. The number of benzene rings is 2. The molecule has 0 aliphatic rings. The minimum Gasteiger partial charge on any atom is -0.487 e. The minimum atomic E-state index is -0.267. The Bertz CT molecular complexity index is 1040. The lowest BCUT2D eigenvalue weighted by Gasteiger charge is -2.18. The Kier molecular flexibility index (Phi) is 7.66. The normalized spacial score (nSPS) is 11.9. The second-order valence-corrected chi connectivity index (χ2v) is 7.52. The summed E-state index contributed by atoms with van der Waals surface area (Å²) in [5, 5.41) is 0.919. The first kappa shape index (κ1) is 21.6. The molecule has 1 aromatic heterocycles. The number of hydrogen-bond donors (Lipinski definition) is 1. The Morgan fingerprint density at radius 1 is 1.03 bits per heavy atom. The van der Waals surface area contributed by atoms with Crippen molar-refractivity contribution in [3.8, 4) is 5.75 Å². The van der Waals surface area contributed by atoms with Gasteiger partial charge in [-0.2, -0.15) is 0 Å². The maximum Gasteiger partial charge on any atom is 0.303 e. The van der Waals surface area contributed by atoms with Gasteiger partial charge < -0.3 is 14.5 Å². The van der Waals surface area contributed by atoms with Gasteiger partial charge in [0.25, 0.3) is 0 Å². The van der Waals surface area contributed by atoms with Gasteiger partial charge in [-0.3, -0.25) is 9.59 Å². The highest BCUT2D eigenvalue weighted by molar-refractivity contribution is 5.84. The first-order valence-electron chi connectivity index (χ1n) is 10.6. The second kappa shape index (κ2) is 10.6. The molecule has 5 heteroatoms. The van der Waals surface area contributed by atoms with Crippen molar-refractivity contribution >= 4 is 16.9 Å². The maximum atomic E-state index is 11.7. The molecule has 0 amide bonds. The van der Waals surface area contributed by atoms with E-state index >= 15 is 0 Å². The molecule has 0 saturated heterocycles. The number of rotatable bonds is 10. The molecule has 3 aromatic rings. The van der Waals surface area contributed by atoms with E-state index in [9.17, 15) is 9.59 Å². The van der Waals surface area contributed by atoms with Gasteiger partial charge in [0, 0.05) is 18.4 Å². The average molecular weight is 408 g/mol. The largest absolute Gasteiger partial charge is 0.487 e. The summed E-state index contributed by atoms with van der Waals surface area (Å²) in [4.78, 5) is 26.1. The number of carbonyl (C=O) groups is 1. The van der Waals surface area contributed by atoms with Gasteiger partial charge in [-0.1, -0.05) is 56.5 Å². The Hall–Kier alpha value is -3.08. The van der Waals surface area contributed by atoms with Gasteiger partial charge in [0.05, 0.1) is 5.52 Å². The minimum absolute atomic E-state index is 0.159. The van der Waals surface area contributed by atoms with Gasteiger partial charge in [0.2, 0.25) is 5.56 Å². The number of esters is 1. The molecular formula is C25H29NO4. The summed E-state index contributed by atoms with van der Waals surface area (Å²) in [5.74, 6) is 0.364. The topological polar surface area (TPSA) is 68.4 Å². The Morgan fingerprint density at radius 3 is 2.67 bits per heavy atom. The molecule has 158 valence electrons. The fraction of sp³-hybridized carbons (Fsp3) is 0.360. The van der Waals surface area contributed by atoms with Gasteiger partial charge in [0.1, 0.15) is 18.5 Å². The molecule has 1 heterocycles. The Morgan fingerprint density at radius 2 is 1.87 bits per heavy atom. The summed E-state index contributed by atoms with van der Waals surface area (Å²) in [6, 6.07) is 16.9. The van der Waals surface area contributed by atoms with Crippen LogP contribution in [0.2, 0.25) is 0 Å². The van der Waals surface area contributed by atoms with E-state index in [0.717, 1.165) is 35.8 Å². The van der Waals surface area contributed by atoms with Crippen LogP contribution in [0.25, 0.3) is 10.9 Å². The molecule has 0 fully saturated rings. The van der Waals surface area contributed by atoms with Crippen LogP contribution < -0.4 is 10.3 Å². The number of aromatic nitrogens is 1. The van der Waals surface area contributed by atoms with E-state index in [1.165, 1.54) is 25.8 Å². The van der Waals surface area contributed by atoms with Crippen molar-refractivity contribution in [3.05, 3.63) is 76.1 Å². The number of aromatic amines is 1. The summed E-state index contributed by atoms with van der Waals surface area (Å²) in [6.07, 6.45) is 5.09. The van der Waals surface area contributed by atoms with E-state index in [-0.39, 0.29) is 17.6 Å². The molecule has 0 radical (unpaired) electrons. The molecule has 0 aliphatic carbocycles. The van der Waals surface area contributed by atoms with Crippen LogP contribution in [0.1, 0.15) is 63.2 Å². The van der Waals surface area contributed by atoms with E-state index in [4.69, 9.17) is 9.47 Å². The molecule has 30 heavy (non-hydrogen) atoms. The predicted molar refractivity (Wildman–Crippen MR) is 119 cm³/mol. The molecule has 1 atom stereocenters. The third kappa shape index (κ3) is 5.96. The van der Waals surface area contributed by atoms with Crippen LogP contribution in [0.4, 0.5) is 0 Å². The van der Waals surface area contributed by atoms with Crippen LogP contribution in [0, 0.1) is 0 Å². The molecule has 0 aliphatic heterocycles. The van der Waals surface area contributed by atoms with Gasteiger partial charge in [-0.25, -0.2) is 0 Å². The van der Waals surface area contributed by atoms with Crippen LogP contribution in [0.5, 0.6) is 5.75 Å². The fourth-order valence-corrected chi connectivity index (χ4v) is 3.57. The number of hydrogen-bond acceptors (Lipinski definition) is 4. The van der Waals surface area contributed by atoms with E-state index in [2.05, 4.69) is 11.9 Å². The van der Waals surface area contributed by atoms with Crippen LogP contribution in [0.15, 0.2) is 59.4 Å². The Balaban J connectivity index is 1.73. The van der Waals surface area contributed by atoms with Crippen molar-refractivity contribution in [3.63, 3.8) is 0 Å². The molecule has 3 rings (SSSR count). The highest BCUT2D eigenvalue weighted by Crippen LogP contribution is 2.27. The highest BCUT2D eigenvalue weighted by Gasteiger charge is 2.15. The summed E-state index contributed by atoms with van der Waals surface area (Å²) >= 11 is 0. The lowest BCUT2D eigenvalue weighted by atomic mass is 10.0.